The molecule has 2 atom stereocenters. The Morgan fingerprint density at radius 2 is 1.92 bits per heavy atom. The molecule has 1 aromatic carbocycles. The van der Waals surface area contributed by atoms with E-state index in [2.05, 4.69) is 75.5 Å². The minimum Gasteiger partial charge on any atom is -0.357 e. The van der Waals surface area contributed by atoms with E-state index in [1.807, 2.05) is 25.4 Å². The van der Waals surface area contributed by atoms with Gasteiger partial charge in [0.1, 0.15) is 0 Å². The van der Waals surface area contributed by atoms with Gasteiger partial charge in [0.15, 0.2) is 5.11 Å². The number of rotatable bonds is 4. The quantitative estimate of drug-likeness (QED) is 0.707. The van der Waals surface area contributed by atoms with Gasteiger partial charge in [0, 0.05) is 31.3 Å². The summed E-state index contributed by atoms with van der Waals surface area (Å²) in [6.45, 7) is 2.17. The molecule has 0 amide bonds. The number of nitrogens with zero attached hydrogens (tertiary/aromatic N) is 3. The number of hydrogen-bond donors (Lipinski definition) is 1. The highest BCUT2D eigenvalue weighted by molar-refractivity contribution is 7.80. The lowest BCUT2D eigenvalue weighted by molar-refractivity contribution is 0.567. The number of nitrogens with one attached hydrogen (secondary N) is 1. The molecule has 0 aliphatic carbocycles. The molecule has 0 spiro atoms. The monoisotopic (exact) mass is 362 g/mol. The molecular weight excluding hydrogens is 340 g/mol. The first-order valence-corrected chi connectivity index (χ1v) is 9.29. The minimum absolute atomic E-state index is 0.0111. The maximum absolute atomic E-state index is 5.72. The molecule has 2 aromatic heterocycles. The maximum Gasteiger partial charge on any atom is 0.174 e. The van der Waals surface area contributed by atoms with Crippen molar-refractivity contribution in [1.29, 1.82) is 0 Å². The Balaban J connectivity index is 1.79. The summed E-state index contributed by atoms with van der Waals surface area (Å²) < 4.78 is 2.07. The molecule has 0 radical (unpaired) electrons. The van der Waals surface area contributed by atoms with Crippen molar-refractivity contribution in [3.05, 3.63) is 83.9 Å². The van der Waals surface area contributed by atoms with E-state index in [0.29, 0.717) is 0 Å². The zero-order valence-electron chi connectivity index (χ0n) is 15.0. The fourth-order valence-electron chi connectivity index (χ4n) is 3.56. The van der Waals surface area contributed by atoms with Crippen LogP contribution < -0.4 is 10.2 Å². The van der Waals surface area contributed by atoms with Gasteiger partial charge in [-0.2, -0.15) is 0 Å². The van der Waals surface area contributed by atoms with Crippen molar-refractivity contribution in [2.75, 3.05) is 4.90 Å². The zero-order valence-corrected chi connectivity index (χ0v) is 15.8. The van der Waals surface area contributed by atoms with Crippen molar-refractivity contribution in [3.63, 3.8) is 0 Å². The first kappa shape index (κ1) is 16.8. The van der Waals surface area contributed by atoms with Gasteiger partial charge in [0.2, 0.25) is 0 Å². The highest BCUT2D eigenvalue weighted by Gasteiger charge is 2.40. The summed E-state index contributed by atoms with van der Waals surface area (Å²) in [5.41, 5.74) is 4.64. The summed E-state index contributed by atoms with van der Waals surface area (Å²) >= 11 is 5.72. The lowest BCUT2D eigenvalue weighted by Crippen LogP contribution is -2.29. The topological polar surface area (TPSA) is 33.1 Å². The predicted molar refractivity (Wildman–Crippen MR) is 109 cm³/mol. The van der Waals surface area contributed by atoms with E-state index < -0.39 is 0 Å². The van der Waals surface area contributed by atoms with Crippen LogP contribution in [0.3, 0.4) is 0 Å². The van der Waals surface area contributed by atoms with Gasteiger partial charge in [-0.1, -0.05) is 25.1 Å². The Bertz CT molecular complexity index is 901. The number of benzene rings is 1. The van der Waals surface area contributed by atoms with Crippen molar-refractivity contribution in [3.8, 4) is 0 Å². The Morgan fingerprint density at radius 1 is 1.12 bits per heavy atom. The summed E-state index contributed by atoms with van der Waals surface area (Å²) in [5, 5.41) is 4.23. The molecule has 1 saturated heterocycles. The normalized spacial score (nSPS) is 19.6. The summed E-state index contributed by atoms with van der Waals surface area (Å²) in [6.07, 6.45) is 7.09. The number of aryl methyl sites for hydroxylation is 2. The average Bonchev–Trinajstić information content (AvgIpc) is 3.25. The second-order valence-corrected chi connectivity index (χ2v) is 7.01. The lowest BCUT2D eigenvalue weighted by atomic mass is 9.98. The molecule has 4 nitrogen and oxygen atoms in total. The van der Waals surface area contributed by atoms with Gasteiger partial charge in [-0.3, -0.25) is 4.98 Å². The standard InChI is InChI=1S/C21H22N4S/c1-3-15-7-9-17(10-8-15)25-20(16-11-13-24(2)14-16)19(23-21(25)26)18-6-4-5-12-22-18/h4-14,19-20H,3H2,1-2H3,(H,23,26)/t19-,20+/m1/s1. The summed E-state index contributed by atoms with van der Waals surface area (Å²) in [4.78, 5) is 6.79. The van der Waals surface area contributed by atoms with Crippen LogP contribution in [-0.4, -0.2) is 14.7 Å². The van der Waals surface area contributed by atoms with E-state index in [4.69, 9.17) is 12.2 Å². The molecular formula is C21H22N4S. The first-order valence-electron chi connectivity index (χ1n) is 8.89. The Kier molecular flexibility index (Phi) is 4.47. The number of thiocarbonyl (C=S) groups is 1. The molecule has 3 heterocycles. The van der Waals surface area contributed by atoms with Crippen LogP contribution in [-0.2, 0) is 13.5 Å². The van der Waals surface area contributed by atoms with E-state index in [0.717, 1.165) is 22.9 Å². The molecule has 3 aromatic rings. The van der Waals surface area contributed by atoms with Gasteiger partial charge in [-0.05, 0) is 60.1 Å². The van der Waals surface area contributed by atoms with Crippen LogP contribution in [0.4, 0.5) is 5.69 Å². The summed E-state index contributed by atoms with van der Waals surface area (Å²) in [5.74, 6) is 0. The average molecular weight is 363 g/mol. The minimum atomic E-state index is 0.0111. The van der Waals surface area contributed by atoms with Crippen LogP contribution in [0.2, 0.25) is 0 Å². The molecule has 132 valence electrons. The molecule has 0 saturated carbocycles. The third-order valence-electron chi connectivity index (χ3n) is 4.92. The number of anilines is 1. The maximum atomic E-state index is 5.72. The largest absolute Gasteiger partial charge is 0.357 e. The Hall–Kier alpha value is -2.66. The van der Waals surface area contributed by atoms with Gasteiger partial charge in [-0.15, -0.1) is 0 Å². The van der Waals surface area contributed by atoms with E-state index in [9.17, 15) is 0 Å². The Labute approximate surface area is 159 Å². The third-order valence-corrected chi connectivity index (χ3v) is 5.23. The molecule has 1 aliphatic rings. The summed E-state index contributed by atoms with van der Waals surface area (Å²) in [6, 6.07) is 16.9. The zero-order chi connectivity index (χ0) is 18.1. The second-order valence-electron chi connectivity index (χ2n) is 6.63. The second kappa shape index (κ2) is 6.92. The van der Waals surface area contributed by atoms with Crippen LogP contribution in [0, 0.1) is 0 Å². The molecule has 1 fully saturated rings. The third kappa shape index (κ3) is 2.99. The van der Waals surface area contributed by atoms with Crippen molar-refractivity contribution in [1.82, 2.24) is 14.9 Å². The SMILES string of the molecule is CCc1ccc(N2C(=S)N[C@H](c3ccccn3)[C@@H]2c2ccn(C)c2)cc1. The van der Waals surface area contributed by atoms with E-state index in [-0.39, 0.29) is 12.1 Å². The fourth-order valence-corrected chi connectivity index (χ4v) is 3.91. The lowest BCUT2D eigenvalue weighted by Gasteiger charge is -2.27. The van der Waals surface area contributed by atoms with Gasteiger partial charge < -0.3 is 14.8 Å². The molecule has 0 bridgehead atoms. The number of aromatic nitrogens is 2. The van der Waals surface area contributed by atoms with Crippen molar-refractivity contribution in [2.24, 2.45) is 7.05 Å². The molecule has 1 aliphatic heterocycles. The van der Waals surface area contributed by atoms with Gasteiger partial charge in [0.05, 0.1) is 17.8 Å². The van der Waals surface area contributed by atoms with Crippen molar-refractivity contribution < 1.29 is 0 Å². The summed E-state index contributed by atoms with van der Waals surface area (Å²) in [7, 11) is 2.04. The van der Waals surface area contributed by atoms with Gasteiger partial charge >= 0.3 is 0 Å². The van der Waals surface area contributed by atoms with Crippen LogP contribution in [0.5, 0.6) is 0 Å². The van der Waals surface area contributed by atoms with Crippen molar-refractivity contribution >= 4 is 23.0 Å². The molecule has 0 unspecified atom stereocenters. The van der Waals surface area contributed by atoms with Crippen molar-refractivity contribution in [2.45, 2.75) is 25.4 Å². The van der Waals surface area contributed by atoms with Crippen LogP contribution in [0.15, 0.2) is 67.1 Å². The predicted octanol–water partition coefficient (Wildman–Crippen LogP) is 4.16. The highest BCUT2D eigenvalue weighted by Crippen LogP contribution is 2.41. The van der Waals surface area contributed by atoms with Crippen LogP contribution in [0.1, 0.15) is 35.8 Å². The smallest absolute Gasteiger partial charge is 0.174 e. The van der Waals surface area contributed by atoms with E-state index in [1.54, 1.807) is 0 Å². The van der Waals surface area contributed by atoms with E-state index >= 15 is 0 Å². The number of hydrogen-bond acceptors (Lipinski definition) is 2. The molecule has 26 heavy (non-hydrogen) atoms. The molecule has 4 rings (SSSR count). The number of pyridine rings is 1. The van der Waals surface area contributed by atoms with Gasteiger partial charge in [-0.25, -0.2) is 0 Å². The highest BCUT2D eigenvalue weighted by atomic mass is 32.1. The van der Waals surface area contributed by atoms with E-state index in [1.165, 1.54) is 11.1 Å². The Morgan fingerprint density at radius 3 is 2.54 bits per heavy atom. The molecule has 5 heteroatoms. The van der Waals surface area contributed by atoms with Gasteiger partial charge in [0.25, 0.3) is 0 Å². The fraction of sp³-hybridized carbons (Fsp3) is 0.238. The van der Waals surface area contributed by atoms with Crippen LogP contribution >= 0.6 is 12.2 Å². The van der Waals surface area contributed by atoms with Crippen LogP contribution in [0.25, 0.3) is 0 Å². The molecule has 1 N–H and O–H groups in total. The first-order chi connectivity index (χ1) is 12.7.